The van der Waals surface area contributed by atoms with Crippen LogP contribution in [0.4, 0.5) is 0 Å². The monoisotopic (exact) mass is 211 g/mol. The summed E-state index contributed by atoms with van der Waals surface area (Å²) in [5.41, 5.74) is 7.37. The fraction of sp³-hybridized carbons (Fsp3) is 0.667. The van der Waals surface area contributed by atoms with Crippen molar-refractivity contribution < 1.29 is 0 Å². The van der Waals surface area contributed by atoms with E-state index in [2.05, 4.69) is 23.8 Å². The third-order valence-corrected chi connectivity index (χ3v) is 3.29. The Labute approximate surface area is 91.3 Å². The van der Waals surface area contributed by atoms with E-state index in [0.717, 1.165) is 6.42 Å². The molecule has 0 bridgehead atoms. The van der Waals surface area contributed by atoms with E-state index in [1.165, 1.54) is 37.7 Å². The maximum absolute atomic E-state index is 6.06. The highest BCUT2D eigenvalue weighted by Gasteiger charge is 2.04. The Kier molecular flexibility index (Phi) is 5.88. The summed E-state index contributed by atoms with van der Waals surface area (Å²) in [6.07, 6.45) is 7.81. The van der Waals surface area contributed by atoms with Gasteiger partial charge in [-0.25, -0.2) is 0 Å². The second kappa shape index (κ2) is 7.02. The Bertz CT molecular complexity index is 218. The molecule has 2 heteroatoms. The van der Waals surface area contributed by atoms with E-state index in [4.69, 9.17) is 5.73 Å². The Balaban J connectivity index is 2.07. The fourth-order valence-electron chi connectivity index (χ4n) is 1.62. The van der Waals surface area contributed by atoms with Gasteiger partial charge in [-0.2, -0.15) is 11.3 Å². The summed E-state index contributed by atoms with van der Waals surface area (Å²) in [6.45, 7) is 2.25. The molecule has 0 aromatic carbocycles. The number of unbranched alkanes of at least 4 members (excludes halogenated alkanes) is 4. The Morgan fingerprint density at radius 1 is 1.29 bits per heavy atom. The van der Waals surface area contributed by atoms with Crippen LogP contribution in [0.5, 0.6) is 0 Å². The lowest BCUT2D eigenvalue weighted by Gasteiger charge is -2.09. The van der Waals surface area contributed by atoms with Gasteiger partial charge in [-0.15, -0.1) is 0 Å². The number of thiophene rings is 1. The smallest absolute Gasteiger partial charge is 0.0303 e. The van der Waals surface area contributed by atoms with E-state index in [1.54, 1.807) is 11.3 Å². The zero-order valence-corrected chi connectivity index (χ0v) is 9.85. The molecular weight excluding hydrogens is 190 g/mol. The second-order valence-corrected chi connectivity index (χ2v) is 4.65. The van der Waals surface area contributed by atoms with E-state index >= 15 is 0 Å². The predicted octanol–water partition coefficient (Wildman–Crippen LogP) is 4.11. The molecule has 0 saturated carbocycles. The third-order valence-electron chi connectivity index (χ3n) is 2.59. The molecule has 0 aliphatic heterocycles. The highest BCUT2D eigenvalue weighted by Crippen LogP contribution is 2.19. The van der Waals surface area contributed by atoms with Crippen LogP contribution in [0.25, 0.3) is 0 Å². The summed E-state index contributed by atoms with van der Waals surface area (Å²) in [4.78, 5) is 0. The Hall–Kier alpha value is -0.340. The maximum atomic E-state index is 6.06. The minimum Gasteiger partial charge on any atom is -0.324 e. The molecule has 1 nitrogen and oxygen atoms in total. The lowest BCUT2D eigenvalue weighted by Crippen LogP contribution is -2.08. The molecule has 1 rings (SSSR count). The van der Waals surface area contributed by atoms with Gasteiger partial charge in [0.2, 0.25) is 0 Å². The normalized spacial score (nSPS) is 13.0. The van der Waals surface area contributed by atoms with Crippen molar-refractivity contribution in [3.8, 4) is 0 Å². The topological polar surface area (TPSA) is 26.0 Å². The van der Waals surface area contributed by atoms with Crippen molar-refractivity contribution in [1.29, 1.82) is 0 Å². The molecule has 0 aliphatic rings. The molecule has 0 radical (unpaired) electrons. The van der Waals surface area contributed by atoms with Gasteiger partial charge in [-0.1, -0.05) is 39.0 Å². The first-order chi connectivity index (χ1) is 6.84. The Morgan fingerprint density at radius 2 is 2.07 bits per heavy atom. The average Bonchev–Trinajstić information content (AvgIpc) is 2.70. The maximum Gasteiger partial charge on any atom is 0.0303 e. The summed E-state index contributed by atoms with van der Waals surface area (Å²) >= 11 is 1.74. The van der Waals surface area contributed by atoms with Crippen LogP contribution in [0.2, 0.25) is 0 Å². The largest absolute Gasteiger partial charge is 0.324 e. The van der Waals surface area contributed by atoms with Gasteiger partial charge in [0.25, 0.3) is 0 Å². The van der Waals surface area contributed by atoms with Crippen molar-refractivity contribution in [1.82, 2.24) is 0 Å². The highest BCUT2D eigenvalue weighted by atomic mass is 32.1. The van der Waals surface area contributed by atoms with Crippen LogP contribution in [0, 0.1) is 0 Å². The van der Waals surface area contributed by atoms with E-state index in [-0.39, 0.29) is 6.04 Å². The lowest BCUT2D eigenvalue weighted by atomic mass is 10.0. The fourth-order valence-corrected chi connectivity index (χ4v) is 2.35. The number of nitrogens with two attached hydrogens (primary N) is 1. The van der Waals surface area contributed by atoms with Gasteiger partial charge in [0.15, 0.2) is 0 Å². The van der Waals surface area contributed by atoms with Crippen molar-refractivity contribution in [3.63, 3.8) is 0 Å². The molecule has 0 spiro atoms. The first-order valence-corrected chi connectivity index (χ1v) is 6.56. The van der Waals surface area contributed by atoms with Gasteiger partial charge in [0.1, 0.15) is 0 Å². The predicted molar refractivity (Wildman–Crippen MR) is 64.6 cm³/mol. The van der Waals surface area contributed by atoms with Crippen LogP contribution in [-0.2, 0) is 0 Å². The molecule has 0 aliphatic carbocycles. The van der Waals surface area contributed by atoms with E-state index in [9.17, 15) is 0 Å². The molecule has 1 unspecified atom stereocenters. The van der Waals surface area contributed by atoms with Gasteiger partial charge in [-0.05, 0) is 28.8 Å². The quantitative estimate of drug-likeness (QED) is 0.675. The van der Waals surface area contributed by atoms with Crippen molar-refractivity contribution in [3.05, 3.63) is 22.4 Å². The zero-order chi connectivity index (χ0) is 10.2. The summed E-state index contributed by atoms with van der Waals surface area (Å²) in [6, 6.07) is 2.41. The van der Waals surface area contributed by atoms with Gasteiger partial charge in [0.05, 0.1) is 0 Å². The molecule has 0 saturated heterocycles. The average molecular weight is 211 g/mol. The van der Waals surface area contributed by atoms with Crippen LogP contribution in [-0.4, -0.2) is 0 Å². The van der Waals surface area contributed by atoms with Crippen LogP contribution in [0.3, 0.4) is 0 Å². The Morgan fingerprint density at radius 3 is 2.71 bits per heavy atom. The minimum absolute atomic E-state index is 0.267. The SMILES string of the molecule is CCCCCCCC(N)c1ccsc1. The first kappa shape index (κ1) is 11.7. The number of hydrogen-bond acceptors (Lipinski definition) is 2. The molecule has 0 fully saturated rings. The summed E-state index contributed by atoms with van der Waals surface area (Å²) < 4.78 is 0. The van der Waals surface area contributed by atoms with Crippen LogP contribution < -0.4 is 5.73 Å². The first-order valence-electron chi connectivity index (χ1n) is 5.62. The third kappa shape index (κ3) is 4.25. The summed E-state index contributed by atoms with van der Waals surface area (Å²) in [5.74, 6) is 0. The van der Waals surface area contributed by atoms with Crippen LogP contribution in [0.15, 0.2) is 16.8 Å². The van der Waals surface area contributed by atoms with Crippen molar-refractivity contribution in [2.75, 3.05) is 0 Å². The molecule has 80 valence electrons. The van der Waals surface area contributed by atoms with E-state index < -0.39 is 0 Å². The summed E-state index contributed by atoms with van der Waals surface area (Å²) in [5, 5.41) is 4.27. The van der Waals surface area contributed by atoms with Gasteiger partial charge in [0, 0.05) is 6.04 Å². The van der Waals surface area contributed by atoms with Gasteiger partial charge in [-0.3, -0.25) is 0 Å². The molecule has 0 amide bonds. The standard InChI is InChI=1S/C12H21NS/c1-2-3-4-5-6-7-12(13)11-8-9-14-10-11/h8-10,12H,2-7,13H2,1H3. The van der Waals surface area contributed by atoms with E-state index in [1.807, 2.05) is 0 Å². The molecule has 1 aromatic rings. The molecular formula is C12H21NS. The van der Waals surface area contributed by atoms with Crippen molar-refractivity contribution in [2.24, 2.45) is 5.73 Å². The zero-order valence-electron chi connectivity index (χ0n) is 9.04. The highest BCUT2D eigenvalue weighted by molar-refractivity contribution is 7.07. The summed E-state index contributed by atoms with van der Waals surface area (Å²) in [7, 11) is 0. The van der Waals surface area contributed by atoms with Gasteiger partial charge < -0.3 is 5.73 Å². The van der Waals surface area contributed by atoms with Gasteiger partial charge >= 0.3 is 0 Å². The van der Waals surface area contributed by atoms with Crippen molar-refractivity contribution in [2.45, 2.75) is 51.5 Å². The lowest BCUT2D eigenvalue weighted by molar-refractivity contribution is 0.556. The van der Waals surface area contributed by atoms with E-state index in [0.29, 0.717) is 0 Å². The van der Waals surface area contributed by atoms with Crippen LogP contribution >= 0.6 is 11.3 Å². The number of rotatable bonds is 7. The molecule has 1 heterocycles. The minimum atomic E-state index is 0.267. The second-order valence-electron chi connectivity index (χ2n) is 3.87. The molecule has 14 heavy (non-hydrogen) atoms. The number of hydrogen-bond donors (Lipinski definition) is 1. The van der Waals surface area contributed by atoms with Crippen LogP contribution in [0.1, 0.15) is 57.1 Å². The van der Waals surface area contributed by atoms with Crippen molar-refractivity contribution >= 4 is 11.3 Å². The molecule has 1 atom stereocenters. The molecule has 1 aromatic heterocycles. The molecule has 2 N–H and O–H groups in total.